The van der Waals surface area contributed by atoms with Crippen molar-refractivity contribution in [1.82, 2.24) is 0 Å². The van der Waals surface area contributed by atoms with Gasteiger partial charge in [0.25, 0.3) is 0 Å². The third-order valence-electron chi connectivity index (χ3n) is 4.06. The van der Waals surface area contributed by atoms with Crippen LogP contribution < -0.4 is 10.6 Å². The van der Waals surface area contributed by atoms with Crippen molar-refractivity contribution in [2.24, 2.45) is 0 Å². The Balaban J connectivity index is 1.67. The molecule has 0 radical (unpaired) electrons. The van der Waals surface area contributed by atoms with Crippen molar-refractivity contribution in [2.75, 3.05) is 10.6 Å². The molecule has 2 aromatic rings. The van der Waals surface area contributed by atoms with Crippen molar-refractivity contribution in [1.29, 1.82) is 0 Å². The number of hydrogen-bond donors (Lipinski definition) is 2. The van der Waals surface area contributed by atoms with Crippen LogP contribution in [0, 0.1) is 11.6 Å². The molecule has 0 spiro atoms. The number of halogens is 2. The highest BCUT2D eigenvalue weighted by atomic mass is 19.1. The second-order valence-electron chi connectivity index (χ2n) is 5.82. The summed E-state index contributed by atoms with van der Waals surface area (Å²) in [5, 5.41) is 5.50. The first-order chi connectivity index (χ1) is 11.0. The average Bonchev–Trinajstić information content (AvgIpc) is 2.98. The minimum absolute atomic E-state index is 0.155. The van der Waals surface area contributed by atoms with Gasteiger partial charge in [-0.05, 0) is 61.6 Å². The third kappa shape index (κ3) is 3.50. The largest absolute Gasteiger partial charge is 0.374 e. The van der Waals surface area contributed by atoms with Crippen LogP contribution in [-0.4, -0.2) is 11.9 Å². The summed E-state index contributed by atoms with van der Waals surface area (Å²) in [4.78, 5) is 12.2. The van der Waals surface area contributed by atoms with E-state index < -0.39 is 23.6 Å². The molecule has 0 aromatic heterocycles. The molecule has 23 heavy (non-hydrogen) atoms. The van der Waals surface area contributed by atoms with Gasteiger partial charge in [-0.3, -0.25) is 4.79 Å². The number of carbonyl (C=O) groups is 1. The highest BCUT2D eigenvalue weighted by molar-refractivity contribution is 5.96. The molecule has 2 N–H and O–H groups in total. The van der Waals surface area contributed by atoms with E-state index in [1.807, 2.05) is 6.07 Å². The molecule has 0 saturated heterocycles. The topological polar surface area (TPSA) is 41.1 Å². The van der Waals surface area contributed by atoms with Crippen molar-refractivity contribution in [3.8, 4) is 0 Å². The number of carbonyl (C=O) groups excluding carboxylic acids is 1. The summed E-state index contributed by atoms with van der Waals surface area (Å²) in [5.41, 5.74) is 3.36. The molecule has 0 aliphatic heterocycles. The number of amides is 1. The monoisotopic (exact) mass is 316 g/mol. The van der Waals surface area contributed by atoms with Gasteiger partial charge in [-0.1, -0.05) is 6.07 Å². The molecule has 0 heterocycles. The number of fused-ring (bicyclic) bond motifs is 1. The first-order valence-electron chi connectivity index (χ1n) is 7.67. The van der Waals surface area contributed by atoms with Crippen molar-refractivity contribution in [3.63, 3.8) is 0 Å². The van der Waals surface area contributed by atoms with Crippen LogP contribution in [-0.2, 0) is 17.6 Å². The van der Waals surface area contributed by atoms with Crippen LogP contribution in [0.3, 0.4) is 0 Å². The van der Waals surface area contributed by atoms with Crippen molar-refractivity contribution < 1.29 is 13.6 Å². The Bertz CT molecular complexity index is 746. The zero-order valence-corrected chi connectivity index (χ0v) is 12.8. The number of nitrogens with one attached hydrogen (secondary N) is 2. The van der Waals surface area contributed by atoms with Crippen LogP contribution in [0.1, 0.15) is 24.5 Å². The van der Waals surface area contributed by atoms with E-state index in [9.17, 15) is 13.6 Å². The first-order valence-corrected chi connectivity index (χ1v) is 7.67. The van der Waals surface area contributed by atoms with E-state index in [1.54, 1.807) is 6.92 Å². The maximum atomic E-state index is 13.6. The van der Waals surface area contributed by atoms with E-state index in [2.05, 4.69) is 22.8 Å². The molecule has 1 atom stereocenters. The lowest BCUT2D eigenvalue weighted by molar-refractivity contribution is -0.116. The van der Waals surface area contributed by atoms with Crippen LogP contribution in [0.4, 0.5) is 20.2 Å². The average molecular weight is 316 g/mol. The first kappa shape index (κ1) is 15.5. The van der Waals surface area contributed by atoms with Gasteiger partial charge < -0.3 is 10.6 Å². The summed E-state index contributed by atoms with van der Waals surface area (Å²) in [7, 11) is 0. The number of rotatable bonds is 4. The summed E-state index contributed by atoms with van der Waals surface area (Å²) in [6.07, 6.45) is 3.32. The van der Waals surface area contributed by atoms with Gasteiger partial charge in [-0.2, -0.15) is 0 Å². The number of aryl methyl sites for hydroxylation is 2. The predicted octanol–water partition coefficient (Wildman–Crippen LogP) is 3.89. The van der Waals surface area contributed by atoms with Crippen LogP contribution in [0.15, 0.2) is 36.4 Å². The summed E-state index contributed by atoms with van der Waals surface area (Å²) in [6.45, 7) is 1.68. The van der Waals surface area contributed by atoms with Crippen LogP contribution >= 0.6 is 0 Å². The molecule has 1 amide bonds. The van der Waals surface area contributed by atoms with Gasteiger partial charge in [0.05, 0.1) is 5.69 Å². The van der Waals surface area contributed by atoms with E-state index in [1.165, 1.54) is 11.1 Å². The van der Waals surface area contributed by atoms with E-state index in [0.29, 0.717) is 0 Å². The SMILES string of the molecule is C[C@H](Nc1ccc2c(c1)CCC2)C(=O)Nc1cc(F)ccc1F. The molecule has 1 aliphatic carbocycles. The lowest BCUT2D eigenvalue weighted by Gasteiger charge is -2.16. The number of hydrogen-bond acceptors (Lipinski definition) is 2. The van der Waals surface area contributed by atoms with Crippen molar-refractivity contribution in [3.05, 3.63) is 59.2 Å². The van der Waals surface area contributed by atoms with Gasteiger partial charge in [0, 0.05) is 11.8 Å². The van der Waals surface area contributed by atoms with Crippen molar-refractivity contribution >= 4 is 17.3 Å². The van der Waals surface area contributed by atoms with Gasteiger partial charge >= 0.3 is 0 Å². The molecule has 120 valence electrons. The minimum Gasteiger partial charge on any atom is -0.374 e. The van der Waals surface area contributed by atoms with E-state index in [0.717, 1.165) is 43.1 Å². The zero-order chi connectivity index (χ0) is 16.4. The zero-order valence-electron chi connectivity index (χ0n) is 12.8. The Kier molecular flexibility index (Phi) is 4.28. The molecular formula is C18H18F2N2O. The second-order valence-corrected chi connectivity index (χ2v) is 5.82. The second kappa shape index (κ2) is 6.36. The molecule has 5 heteroatoms. The molecule has 3 nitrogen and oxygen atoms in total. The maximum absolute atomic E-state index is 13.6. The highest BCUT2D eigenvalue weighted by Gasteiger charge is 2.17. The molecule has 2 aromatic carbocycles. The molecule has 1 aliphatic rings. The predicted molar refractivity (Wildman–Crippen MR) is 86.5 cm³/mol. The summed E-state index contributed by atoms with van der Waals surface area (Å²) >= 11 is 0. The Morgan fingerprint density at radius 1 is 1.09 bits per heavy atom. The smallest absolute Gasteiger partial charge is 0.246 e. The van der Waals surface area contributed by atoms with Crippen LogP contribution in [0.2, 0.25) is 0 Å². The van der Waals surface area contributed by atoms with Gasteiger partial charge in [-0.15, -0.1) is 0 Å². The lowest BCUT2D eigenvalue weighted by atomic mass is 10.1. The van der Waals surface area contributed by atoms with Gasteiger partial charge in [0.1, 0.15) is 17.7 Å². The minimum atomic E-state index is -0.663. The highest BCUT2D eigenvalue weighted by Crippen LogP contribution is 2.25. The van der Waals surface area contributed by atoms with Crippen LogP contribution in [0.5, 0.6) is 0 Å². The fourth-order valence-electron chi connectivity index (χ4n) is 2.81. The van der Waals surface area contributed by atoms with E-state index in [-0.39, 0.29) is 5.69 Å². The fraction of sp³-hybridized carbons (Fsp3) is 0.278. The van der Waals surface area contributed by atoms with Gasteiger partial charge in [0.15, 0.2) is 0 Å². The van der Waals surface area contributed by atoms with Gasteiger partial charge in [0.2, 0.25) is 5.91 Å². The molecule has 3 rings (SSSR count). The third-order valence-corrected chi connectivity index (χ3v) is 4.06. The quantitative estimate of drug-likeness (QED) is 0.898. The Hall–Kier alpha value is -2.43. The molecule has 0 unspecified atom stereocenters. The van der Waals surface area contributed by atoms with E-state index >= 15 is 0 Å². The normalized spacial score (nSPS) is 14.2. The molecule has 0 bridgehead atoms. The van der Waals surface area contributed by atoms with Crippen molar-refractivity contribution in [2.45, 2.75) is 32.2 Å². The fourth-order valence-corrected chi connectivity index (χ4v) is 2.81. The summed E-state index contributed by atoms with van der Waals surface area (Å²) < 4.78 is 26.7. The summed E-state index contributed by atoms with van der Waals surface area (Å²) in [5.74, 6) is -1.68. The Labute approximate surface area is 133 Å². The maximum Gasteiger partial charge on any atom is 0.246 e. The summed E-state index contributed by atoms with van der Waals surface area (Å²) in [6, 6.07) is 8.46. The number of anilines is 2. The standard InChI is InChI=1S/C18H18F2N2O/c1-11(18(23)22-17-10-14(19)6-8-16(17)20)21-15-7-5-12-3-2-4-13(12)9-15/h5-11,21H,2-4H2,1H3,(H,22,23)/t11-/m0/s1. The number of benzene rings is 2. The lowest BCUT2D eigenvalue weighted by Crippen LogP contribution is -2.32. The molecule has 0 fully saturated rings. The Morgan fingerprint density at radius 2 is 1.87 bits per heavy atom. The van der Waals surface area contributed by atoms with Gasteiger partial charge in [-0.25, -0.2) is 8.78 Å². The molecular weight excluding hydrogens is 298 g/mol. The van der Waals surface area contributed by atoms with E-state index in [4.69, 9.17) is 0 Å². The Morgan fingerprint density at radius 3 is 2.70 bits per heavy atom. The molecule has 0 saturated carbocycles. The van der Waals surface area contributed by atoms with Crippen LogP contribution in [0.25, 0.3) is 0 Å².